The number of imide groups is 1. The summed E-state index contributed by atoms with van der Waals surface area (Å²) in [6.45, 7) is 6.99. The fourth-order valence-electron chi connectivity index (χ4n) is 4.69. The van der Waals surface area contributed by atoms with Crippen LogP contribution in [0.2, 0.25) is 0 Å². The second kappa shape index (κ2) is 9.37. The normalized spacial score (nSPS) is 16.7. The first-order valence-corrected chi connectivity index (χ1v) is 14.3. The van der Waals surface area contributed by atoms with Gasteiger partial charge in [-0.1, -0.05) is 6.07 Å². The number of sulfonamides is 1. The van der Waals surface area contributed by atoms with E-state index in [2.05, 4.69) is 11.1 Å². The Morgan fingerprint density at radius 2 is 1.66 bits per heavy atom. The van der Waals surface area contributed by atoms with Crippen molar-refractivity contribution in [2.24, 2.45) is 0 Å². The van der Waals surface area contributed by atoms with Gasteiger partial charge in [-0.25, -0.2) is 22.7 Å². The molecule has 1 saturated heterocycles. The van der Waals surface area contributed by atoms with Crippen molar-refractivity contribution < 1.29 is 22.4 Å². The van der Waals surface area contributed by atoms with E-state index in [0.29, 0.717) is 5.69 Å². The maximum absolute atomic E-state index is 13.6. The number of carbonyl (C=O) groups excluding carboxylic acids is 2. The summed E-state index contributed by atoms with van der Waals surface area (Å²) in [6, 6.07) is 16.2. The molecule has 1 fully saturated rings. The number of hydrogen-bond donors (Lipinski definition) is 0. The highest BCUT2D eigenvalue weighted by Crippen LogP contribution is 2.36. The van der Waals surface area contributed by atoms with Gasteiger partial charge < -0.3 is 0 Å². The van der Waals surface area contributed by atoms with Crippen molar-refractivity contribution in [1.82, 2.24) is 9.29 Å². The summed E-state index contributed by atoms with van der Waals surface area (Å²) >= 11 is 1.56. The van der Waals surface area contributed by atoms with Crippen molar-refractivity contribution in [3.63, 3.8) is 0 Å². The van der Waals surface area contributed by atoms with E-state index in [9.17, 15) is 22.4 Å². The summed E-state index contributed by atoms with van der Waals surface area (Å²) in [5.41, 5.74) is 2.22. The maximum Gasteiger partial charge on any atom is 0.252 e. The third kappa shape index (κ3) is 4.63. The second-order valence-corrected chi connectivity index (χ2v) is 13.1. The highest BCUT2D eigenvalue weighted by molar-refractivity contribution is 7.89. The molecule has 5 rings (SSSR count). The van der Waals surface area contributed by atoms with E-state index in [4.69, 9.17) is 0 Å². The van der Waals surface area contributed by atoms with Crippen LogP contribution < -0.4 is 4.90 Å². The van der Waals surface area contributed by atoms with Crippen LogP contribution in [-0.4, -0.2) is 41.1 Å². The van der Waals surface area contributed by atoms with Crippen molar-refractivity contribution in [1.29, 1.82) is 0 Å². The Labute approximate surface area is 224 Å². The number of carbonyl (C=O) groups is 2. The SMILES string of the molecule is Cc1ccc2nc(-c3ccc(N4C(=O)CC(N(C(C)(C)C)S(=O)(=O)c5ccc(F)cc5)C4=O)cc3)sc2c1. The first-order valence-electron chi connectivity index (χ1n) is 12.0. The summed E-state index contributed by atoms with van der Waals surface area (Å²) < 4.78 is 42.8. The van der Waals surface area contributed by atoms with E-state index >= 15 is 0 Å². The van der Waals surface area contributed by atoms with Crippen molar-refractivity contribution in [2.45, 2.75) is 50.6 Å². The molecule has 7 nitrogen and oxygen atoms in total. The van der Waals surface area contributed by atoms with Gasteiger partial charge in [0.25, 0.3) is 5.91 Å². The van der Waals surface area contributed by atoms with Gasteiger partial charge in [-0.2, -0.15) is 4.31 Å². The van der Waals surface area contributed by atoms with Gasteiger partial charge in [-0.05, 0) is 93.9 Å². The summed E-state index contributed by atoms with van der Waals surface area (Å²) in [6.07, 6.45) is -0.296. The zero-order valence-electron chi connectivity index (χ0n) is 21.3. The molecule has 0 radical (unpaired) electrons. The number of aryl methyl sites for hydroxylation is 1. The number of fused-ring (bicyclic) bond motifs is 1. The van der Waals surface area contributed by atoms with Crippen molar-refractivity contribution >= 4 is 49.1 Å². The lowest BCUT2D eigenvalue weighted by Crippen LogP contribution is -2.54. The number of halogens is 1. The number of anilines is 1. The zero-order chi connectivity index (χ0) is 27.4. The van der Waals surface area contributed by atoms with Gasteiger partial charge in [-0.15, -0.1) is 11.3 Å². The number of amides is 2. The minimum atomic E-state index is -4.22. The molecule has 0 N–H and O–H groups in total. The van der Waals surface area contributed by atoms with Crippen molar-refractivity contribution in [3.05, 3.63) is 78.1 Å². The zero-order valence-corrected chi connectivity index (χ0v) is 22.9. The minimum Gasteiger partial charge on any atom is -0.274 e. The predicted octanol–water partition coefficient (Wildman–Crippen LogP) is 5.53. The Balaban J connectivity index is 1.45. The first kappa shape index (κ1) is 26.1. The molecule has 2 amide bonds. The third-order valence-corrected chi connectivity index (χ3v) is 9.61. The highest BCUT2D eigenvalue weighted by atomic mass is 32.2. The van der Waals surface area contributed by atoms with E-state index in [-0.39, 0.29) is 11.3 Å². The quantitative estimate of drug-likeness (QED) is 0.304. The lowest BCUT2D eigenvalue weighted by molar-refractivity contribution is -0.122. The first-order chi connectivity index (χ1) is 17.9. The van der Waals surface area contributed by atoms with Crippen LogP contribution in [0.3, 0.4) is 0 Å². The van der Waals surface area contributed by atoms with Crippen molar-refractivity contribution in [3.8, 4) is 10.6 Å². The molecule has 4 aromatic rings. The smallest absolute Gasteiger partial charge is 0.252 e. The molecule has 38 heavy (non-hydrogen) atoms. The van der Waals surface area contributed by atoms with Crippen molar-refractivity contribution in [2.75, 3.05) is 4.90 Å². The molecule has 196 valence electrons. The maximum atomic E-state index is 13.6. The van der Waals surface area contributed by atoms with E-state index in [1.165, 1.54) is 0 Å². The average molecular weight is 552 g/mol. The van der Waals surface area contributed by atoms with Gasteiger partial charge in [0.2, 0.25) is 15.9 Å². The molecule has 0 saturated carbocycles. The summed E-state index contributed by atoms with van der Waals surface area (Å²) in [4.78, 5) is 32.2. The fourth-order valence-corrected chi connectivity index (χ4v) is 7.69. The molecule has 1 aliphatic heterocycles. The summed E-state index contributed by atoms with van der Waals surface area (Å²) in [5.74, 6) is -1.69. The number of aromatic nitrogens is 1. The van der Waals surface area contributed by atoms with Crippen LogP contribution in [0.1, 0.15) is 32.8 Å². The minimum absolute atomic E-state index is 0.150. The Hall–Kier alpha value is -3.47. The lowest BCUT2D eigenvalue weighted by atomic mass is 10.1. The third-order valence-electron chi connectivity index (χ3n) is 6.35. The largest absolute Gasteiger partial charge is 0.274 e. The summed E-state index contributed by atoms with van der Waals surface area (Å²) in [5, 5.41) is 0.818. The van der Waals surface area contributed by atoms with Gasteiger partial charge in [0.15, 0.2) is 0 Å². The molecular weight excluding hydrogens is 525 g/mol. The van der Waals surface area contributed by atoms with Crippen LogP contribution in [0.4, 0.5) is 10.1 Å². The van der Waals surface area contributed by atoms with Crippen LogP contribution in [0, 0.1) is 12.7 Å². The van der Waals surface area contributed by atoms with Crippen LogP contribution in [-0.2, 0) is 19.6 Å². The molecule has 10 heteroatoms. The molecule has 3 aromatic carbocycles. The molecule has 1 atom stereocenters. The number of thiazole rings is 1. The molecular formula is C28H26FN3O4S2. The average Bonchev–Trinajstić information content (AvgIpc) is 3.38. The number of nitrogens with zero attached hydrogens (tertiary/aromatic N) is 3. The van der Waals surface area contributed by atoms with E-state index in [0.717, 1.165) is 59.8 Å². The van der Waals surface area contributed by atoms with Crippen LogP contribution in [0.15, 0.2) is 71.6 Å². The fraction of sp³-hybridized carbons (Fsp3) is 0.250. The van der Waals surface area contributed by atoms with E-state index < -0.39 is 39.2 Å². The predicted molar refractivity (Wildman–Crippen MR) is 146 cm³/mol. The second-order valence-electron chi connectivity index (χ2n) is 10.2. The van der Waals surface area contributed by atoms with Gasteiger partial charge in [-0.3, -0.25) is 9.59 Å². The van der Waals surface area contributed by atoms with E-state index in [1.807, 2.05) is 19.1 Å². The Morgan fingerprint density at radius 1 is 1.00 bits per heavy atom. The number of benzene rings is 3. The highest BCUT2D eigenvalue weighted by Gasteiger charge is 2.50. The van der Waals surface area contributed by atoms with Gasteiger partial charge >= 0.3 is 0 Å². The molecule has 0 bridgehead atoms. The summed E-state index contributed by atoms with van der Waals surface area (Å²) in [7, 11) is -4.22. The van der Waals surface area contributed by atoms with E-state index in [1.54, 1.807) is 56.4 Å². The molecule has 0 spiro atoms. The topological polar surface area (TPSA) is 87.7 Å². The molecule has 1 aliphatic rings. The monoisotopic (exact) mass is 551 g/mol. The van der Waals surface area contributed by atoms with Gasteiger partial charge in [0, 0.05) is 11.1 Å². The van der Waals surface area contributed by atoms with Gasteiger partial charge in [0.05, 0.1) is 27.2 Å². The number of rotatable bonds is 5. The molecule has 0 aliphatic carbocycles. The van der Waals surface area contributed by atoms with Crippen LogP contribution in [0.5, 0.6) is 0 Å². The number of hydrogen-bond acceptors (Lipinski definition) is 6. The standard InChI is InChI=1S/C28H26FN3O4S2/c1-17-5-14-22-24(15-17)37-26(30-22)18-6-10-20(11-7-18)31-25(33)16-23(27(31)34)32(28(2,3)4)38(35,36)21-12-8-19(29)9-13-21/h5-15,23H,16H2,1-4H3. The van der Waals surface area contributed by atoms with Crippen LogP contribution >= 0.6 is 11.3 Å². The molecule has 1 unspecified atom stereocenters. The van der Waals surface area contributed by atoms with Gasteiger partial charge in [0.1, 0.15) is 16.9 Å². The Kier molecular flexibility index (Phi) is 6.45. The molecule has 1 aromatic heterocycles. The Morgan fingerprint density at radius 3 is 2.29 bits per heavy atom. The Bertz CT molecular complexity index is 1660. The molecule has 2 heterocycles. The van der Waals surface area contributed by atoms with Crippen LogP contribution in [0.25, 0.3) is 20.8 Å². The lowest BCUT2D eigenvalue weighted by Gasteiger charge is -2.37.